The molecule has 0 fully saturated rings. The van der Waals surface area contributed by atoms with Gasteiger partial charge in [0.15, 0.2) is 0 Å². The zero-order chi connectivity index (χ0) is 25.0. The molecule has 1 aliphatic heterocycles. The maximum absolute atomic E-state index is 13.2. The molecule has 4 rings (SSSR count). The van der Waals surface area contributed by atoms with Gasteiger partial charge in [-0.25, -0.2) is 0 Å². The van der Waals surface area contributed by atoms with E-state index in [2.05, 4.69) is 28.4 Å². The molecule has 3 aromatic rings. The summed E-state index contributed by atoms with van der Waals surface area (Å²) in [6, 6.07) is 25.6. The highest BCUT2D eigenvalue weighted by Gasteiger charge is 2.19. The highest BCUT2D eigenvalue weighted by Crippen LogP contribution is 2.21. The van der Waals surface area contributed by atoms with E-state index < -0.39 is 0 Å². The molecule has 190 valence electrons. The van der Waals surface area contributed by atoms with E-state index >= 15 is 0 Å². The third kappa shape index (κ3) is 7.57. The first kappa shape index (κ1) is 25.7. The van der Waals surface area contributed by atoms with Crippen molar-refractivity contribution in [3.05, 3.63) is 95.6 Å². The zero-order valence-corrected chi connectivity index (χ0v) is 21.0. The monoisotopic (exact) mass is 488 g/mol. The summed E-state index contributed by atoms with van der Waals surface area (Å²) < 4.78 is 17.7. The average Bonchev–Trinajstić information content (AvgIpc) is 2.91. The second kappa shape index (κ2) is 13.7. The molecule has 1 atom stereocenters. The van der Waals surface area contributed by atoms with E-state index in [1.807, 2.05) is 60.7 Å². The van der Waals surface area contributed by atoms with Crippen molar-refractivity contribution < 1.29 is 19.0 Å². The average molecular weight is 489 g/mol. The summed E-state index contributed by atoms with van der Waals surface area (Å²) in [5, 5.41) is 3.18. The Balaban J connectivity index is 1.48. The van der Waals surface area contributed by atoms with Crippen LogP contribution in [-0.2, 0) is 17.7 Å². The van der Waals surface area contributed by atoms with Gasteiger partial charge in [-0.05, 0) is 49.6 Å². The van der Waals surface area contributed by atoms with E-state index in [9.17, 15) is 4.79 Å². The molecule has 6 heteroatoms. The lowest BCUT2D eigenvalue weighted by atomic mass is 10.1. The molecule has 1 heterocycles. The van der Waals surface area contributed by atoms with Crippen LogP contribution in [0.2, 0.25) is 0 Å². The van der Waals surface area contributed by atoms with Gasteiger partial charge in [0.25, 0.3) is 5.91 Å². The molecular weight excluding hydrogens is 452 g/mol. The van der Waals surface area contributed by atoms with Gasteiger partial charge in [0.05, 0.1) is 25.3 Å². The molecule has 0 unspecified atom stereocenters. The lowest BCUT2D eigenvalue weighted by Gasteiger charge is -2.23. The fourth-order valence-corrected chi connectivity index (χ4v) is 4.49. The molecule has 0 aliphatic carbocycles. The first-order valence-electron chi connectivity index (χ1n) is 12.7. The first-order chi connectivity index (χ1) is 17.7. The number of rotatable bonds is 5. The van der Waals surface area contributed by atoms with Crippen LogP contribution < -0.4 is 14.8 Å². The maximum atomic E-state index is 13.2. The molecule has 6 nitrogen and oxygen atoms in total. The number of fused-ring (bicyclic) bond motifs is 1. The van der Waals surface area contributed by atoms with Crippen LogP contribution in [0.4, 0.5) is 0 Å². The van der Waals surface area contributed by atoms with Crippen LogP contribution in [0.1, 0.15) is 34.3 Å². The molecule has 0 aromatic heterocycles. The number of nitrogens with zero attached hydrogens (tertiary/aromatic N) is 1. The summed E-state index contributed by atoms with van der Waals surface area (Å²) >= 11 is 0. The molecule has 0 saturated carbocycles. The normalized spacial score (nSPS) is 18.1. The van der Waals surface area contributed by atoms with Crippen LogP contribution in [0.25, 0.3) is 0 Å². The fraction of sp³-hybridized carbons (Fsp3) is 0.367. The van der Waals surface area contributed by atoms with Crippen LogP contribution in [0.5, 0.6) is 11.5 Å². The number of ether oxygens (including phenoxy) is 3. The predicted octanol–water partition coefficient (Wildman–Crippen LogP) is 4.73. The molecule has 1 aliphatic rings. The number of hydrogen-bond acceptors (Lipinski definition) is 5. The quantitative estimate of drug-likeness (QED) is 0.563. The van der Waals surface area contributed by atoms with Gasteiger partial charge in [-0.15, -0.1) is 0 Å². The standard InChI is InChI=1S/C30H36N2O4/c1-34-28-15-7-5-13-25(28)22-32-17-9-10-19-35-23-26(21-24-11-3-2-4-12-24)31-30(33)27-14-6-8-16-29(27)36-20-18-32/h2-8,11-16,26H,9-10,17-23H2,1H3,(H,31,33)/t26-/m0/s1. The molecule has 36 heavy (non-hydrogen) atoms. The van der Waals surface area contributed by atoms with Crippen molar-refractivity contribution in [3.8, 4) is 11.5 Å². The van der Waals surface area contributed by atoms with E-state index in [0.29, 0.717) is 37.6 Å². The topological polar surface area (TPSA) is 60.0 Å². The van der Waals surface area contributed by atoms with Crippen molar-refractivity contribution in [3.63, 3.8) is 0 Å². The van der Waals surface area contributed by atoms with Crippen molar-refractivity contribution in [2.45, 2.75) is 31.8 Å². The summed E-state index contributed by atoms with van der Waals surface area (Å²) in [6.45, 7) is 4.06. The van der Waals surface area contributed by atoms with Crippen molar-refractivity contribution in [1.82, 2.24) is 10.2 Å². The first-order valence-corrected chi connectivity index (χ1v) is 12.7. The van der Waals surface area contributed by atoms with Crippen molar-refractivity contribution in [2.24, 2.45) is 0 Å². The van der Waals surface area contributed by atoms with E-state index in [4.69, 9.17) is 14.2 Å². The Kier molecular flexibility index (Phi) is 9.77. The highest BCUT2D eigenvalue weighted by molar-refractivity contribution is 5.97. The Morgan fingerprint density at radius 1 is 0.917 bits per heavy atom. The van der Waals surface area contributed by atoms with Crippen molar-refractivity contribution in [2.75, 3.05) is 40.0 Å². The maximum Gasteiger partial charge on any atom is 0.255 e. The van der Waals surface area contributed by atoms with Crippen molar-refractivity contribution in [1.29, 1.82) is 0 Å². The minimum atomic E-state index is -0.143. The summed E-state index contributed by atoms with van der Waals surface area (Å²) in [7, 11) is 1.71. The van der Waals surface area contributed by atoms with Gasteiger partial charge in [0.2, 0.25) is 0 Å². The smallest absolute Gasteiger partial charge is 0.255 e. The minimum absolute atomic E-state index is 0.125. The van der Waals surface area contributed by atoms with Gasteiger partial charge >= 0.3 is 0 Å². The molecule has 0 radical (unpaired) electrons. The number of methoxy groups -OCH3 is 1. The van der Waals surface area contributed by atoms with E-state index in [-0.39, 0.29) is 11.9 Å². The van der Waals surface area contributed by atoms with Crippen LogP contribution in [0.3, 0.4) is 0 Å². The molecule has 1 amide bonds. The SMILES string of the molecule is COc1ccccc1CN1CCCCOC[C@H](Cc2ccccc2)NC(=O)c2ccccc2OCC1. The van der Waals surface area contributed by atoms with Gasteiger partial charge < -0.3 is 19.5 Å². The number of carbonyl (C=O) groups is 1. The second-order valence-corrected chi connectivity index (χ2v) is 9.07. The molecule has 1 N–H and O–H groups in total. The second-order valence-electron chi connectivity index (χ2n) is 9.07. The third-order valence-corrected chi connectivity index (χ3v) is 6.38. The lowest BCUT2D eigenvalue weighted by Crippen LogP contribution is -2.40. The number of benzene rings is 3. The number of carbonyl (C=O) groups excluding carboxylic acids is 1. The van der Waals surface area contributed by atoms with E-state index in [0.717, 1.165) is 43.8 Å². The van der Waals surface area contributed by atoms with Gasteiger partial charge in [0.1, 0.15) is 18.1 Å². The summed E-state index contributed by atoms with van der Waals surface area (Å²) in [4.78, 5) is 15.6. The van der Waals surface area contributed by atoms with Gasteiger partial charge in [-0.2, -0.15) is 0 Å². The largest absolute Gasteiger partial charge is 0.496 e. The Bertz CT molecular complexity index is 1090. The number of amides is 1. The summed E-state index contributed by atoms with van der Waals surface area (Å²) in [5.41, 5.74) is 2.86. The summed E-state index contributed by atoms with van der Waals surface area (Å²) in [6.07, 6.45) is 2.68. The Labute approximate surface area is 214 Å². The van der Waals surface area contributed by atoms with Gasteiger partial charge in [-0.1, -0.05) is 60.7 Å². The fourth-order valence-electron chi connectivity index (χ4n) is 4.49. The number of nitrogens with one attached hydrogen (secondary N) is 1. The molecule has 0 spiro atoms. The highest BCUT2D eigenvalue weighted by atomic mass is 16.5. The number of hydrogen-bond donors (Lipinski definition) is 1. The third-order valence-electron chi connectivity index (χ3n) is 6.38. The van der Waals surface area contributed by atoms with Crippen LogP contribution in [0.15, 0.2) is 78.9 Å². The van der Waals surface area contributed by atoms with Gasteiger partial charge in [0, 0.05) is 25.3 Å². The minimum Gasteiger partial charge on any atom is -0.496 e. The number of para-hydroxylation sites is 2. The Morgan fingerprint density at radius 3 is 2.56 bits per heavy atom. The van der Waals surface area contributed by atoms with E-state index in [1.165, 1.54) is 5.56 Å². The van der Waals surface area contributed by atoms with Crippen molar-refractivity contribution >= 4 is 5.91 Å². The van der Waals surface area contributed by atoms with E-state index in [1.54, 1.807) is 7.11 Å². The van der Waals surface area contributed by atoms with Crippen LogP contribution >= 0.6 is 0 Å². The van der Waals surface area contributed by atoms with Crippen LogP contribution in [-0.4, -0.2) is 56.9 Å². The molecule has 0 bridgehead atoms. The molecule has 0 saturated heterocycles. The predicted molar refractivity (Wildman–Crippen MR) is 142 cm³/mol. The lowest BCUT2D eigenvalue weighted by molar-refractivity contribution is 0.0823. The van der Waals surface area contributed by atoms with Gasteiger partial charge in [-0.3, -0.25) is 9.69 Å². The van der Waals surface area contributed by atoms with Crippen LogP contribution in [0, 0.1) is 0 Å². The Morgan fingerprint density at radius 2 is 1.69 bits per heavy atom. The Hall–Kier alpha value is -3.35. The summed E-state index contributed by atoms with van der Waals surface area (Å²) in [5.74, 6) is 1.35. The molecular formula is C30H36N2O4. The zero-order valence-electron chi connectivity index (χ0n) is 21.0. The molecule has 3 aromatic carbocycles.